The molecule has 0 radical (unpaired) electrons. The van der Waals surface area contributed by atoms with Gasteiger partial charge < -0.3 is 19.2 Å². The van der Waals surface area contributed by atoms with Crippen molar-refractivity contribution in [1.82, 2.24) is 10.2 Å². The Bertz CT molecular complexity index is 799. The minimum Gasteiger partial charge on any atom is -0.493 e. The fraction of sp³-hybridized carbons (Fsp3) is 0.476. The van der Waals surface area contributed by atoms with Crippen LogP contribution < -0.4 is 14.8 Å². The Morgan fingerprint density at radius 1 is 1.30 bits per heavy atom. The summed E-state index contributed by atoms with van der Waals surface area (Å²) in [5, 5.41) is 3.11. The van der Waals surface area contributed by atoms with Crippen LogP contribution in [0.1, 0.15) is 41.8 Å². The quantitative estimate of drug-likeness (QED) is 0.843. The molecule has 1 aromatic heterocycles. The number of carbonyl (C=O) groups excluding carboxylic acids is 1. The monoisotopic (exact) mass is 372 g/mol. The Labute approximate surface area is 160 Å². The standard InChI is InChI=1S/C21H28N2O4/c1-14-10-19(25-3)20(26-4)11-17(14)15(2)22-21(24)13-23-8-5-6-18-16(12-23)7-9-27-18/h7,9-11,15H,5-6,8,12-13H2,1-4H3,(H,22,24). The van der Waals surface area contributed by atoms with Crippen molar-refractivity contribution in [2.75, 3.05) is 27.3 Å². The van der Waals surface area contributed by atoms with Crippen molar-refractivity contribution in [1.29, 1.82) is 0 Å². The first-order valence-corrected chi connectivity index (χ1v) is 9.31. The van der Waals surface area contributed by atoms with Crippen LogP contribution in [0.5, 0.6) is 11.5 Å². The average Bonchev–Trinajstić information content (AvgIpc) is 2.99. The molecule has 2 aromatic rings. The molecule has 3 rings (SSSR count). The van der Waals surface area contributed by atoms with E-state index in [0.29, 0.717) is 18.0 Å². The van der Waals surface area contributed by atoms with Crippen LogP contribution >= 0.6 is 0 Å². The number of fused-ring (bicyclic) bond motifs is 1. The molecule has 6 nitrogen and oxygen atoms in total. The predicted octanol–water partition coefficient (Wildman–Crippen LogP) is 3.23. The summed E-state index contributed by atoms with van der Waals surface area (Å²) in [4.78, 5) is 14.8. The molecule has 0 aliphatic carbocycles. The van der Waals surface area contributed by atoms with E-state index in [1.165, 1.54) is 5.56 Å². The molecule has 27 heavy (non-hydrogen) atoms. The van der Waals surface area contributed by atoms with E-state index < -0.39 is 0 Å². The highest BCUT2D eigenvalue weighted by Crippen LogP contribution is 2.32. The zero-order chi connectivity index (χ0) is 19.4. The largest absolute Gasteiger partial charge is 0.493 e. The summed E-state index contributed by atoms with van der Waals surface area (Å²) in [5.41, 5.74) is 3.26. The van der Waals surface area contributed by atoms with Crippen LogP contribution in [0.3, 0.4) is 0 Å². The second-order valence-corrected chi connectivity index (χ2v) is 7.04. The lowest BCUT2D eigenvalue weighted by atomic mass is 10.0. The molecule has 0 saturated heterocycles. The van der Waals surface area contributed by atoms with Crippen LogP contribution in [0.4, 0.5) is 0 Å². The first-order valence-electron chi connectivity index (χ1n) is 9.31. The van der Waals surface area contributed by atoms with Gasteiger partial charge in [0, 0.05) is 18.5 Å². The number of furan rings is 1. The third-order valence-electron chi connectivity index (χ3n) is 5.09. The summed E-state index contributed by atoms with van der Waals surface area (Å²) in [6, 6.07) is 5.75. The Balaban J connectivity index is 1.64. The van der Waals surface area contributed by atoms with E-state index in [4.69, 9.17) is 13.9 Å². The minimum absolute atomic E-state index is 0.0172. The highest BCUT2D eigenvalue weighted by molar-refractivity contribution is 5.78. The Morgan fingerprint density at radius 2 is 2.04 bits per heavy atom. The highest BCUT2D eigenvalue weighted by atomic mass is 16.5. The van der Waals surface area contributed by atoms with Gasteiger partial charge >= 0.3 is 0 Å². The fourth-order valence-corrected chi connectivity index (χ4v) is 3.68. The second kappa shape index (κ2) is 8.48. The number of methoxy groups -OCH3 is 2. The number of rotatable bonds is 6. The number of amides is 1. The Kier molecular flexibility index (Phi) is 6.06. The maximum atomic E-state index is 12.6. The van der Waals surface area contributed by atoms with Gasteiger partial charge in [-0.15, -0.1) is 0 Å². The van der Waals surface area contributed by atoms with Crippen LogP contribution in [0.15, 0.2) is 28.9 Å². The number of hydrogen-bond donors (Lipinski definition) is 1. The van der Waals surface area contributed by atoms with Gasteiger partial charge in [0.05, 0.1) is 33.1 Å². The van der Waals surface area contributed by atoms with Crippen LogP contribution in [0, 0.1) is 6.92 Å². The number of hydrogen-bond acceptors (Lipinski definition) is 5. The average molecular weight is 372 g/mol. The van der Waals surface area contributed by atoms with E-state index in [1.54, 1.807) is 20.5 Å². The van der Waals surface area contributed by atoms with Gasteiger partial charge in [-0.2, -0.15) is 0 Å². The normalized spacial score (nSPS) is 15.6. The van der Waals surface area contributed by atoms with Gasteiger partial charge in [0.2, 0.25) is 5.91 Å². The molecule has 1 aliphatic rings. The number of benzene rings is 1. The van der Waals surface area contributed by atoms with Gasteiger partial charge in [0.1, 0.15) is 5.76 Å². The van der Waals surface area contributed by atoms with E-state index in [9.17, 15) is 4.79 Å². The van der Waals surface area contributed by atoms with Crippen LogP contribution in [0.25, 0.3) is 0 Å². The summed E-state index contributed by atoms with van der Waals surface area (Å²) < 4.78 is 16.3. The highest BCUT2D eigenvalue weighted by Gasteiger charge is 2.20. The van der Waals surface area contributed by atoms with E-state index >= 15 is 0 Å². The summed E-state index contributed by atoms with van der Waals surface area (Å²) >= 11 is 0. The topological polar surface area (TPSA) is 63.9 Å². The van der Waals surface area contributed by atoms with Crippen LogP contribution in [-0.2, 0) is 17.8 Å². The molecular weight excluding hydrogens is 344 g/mol. The maximum Gasteiger partial charge on any atom is 0.234 e. The third-order valence-corrected chi connectivity index (χ3v) is 5.09. The number of aryl methyl sites for hydroxylation is 2. The third kappa shape index (κ3) is 4.45. The molecule has 6 heteroatoms. The SMILES string of the molecule is COc1cc(C)c(C(C)NC(=O)CN2CCCc3occc3C2)cc1OC. The molecule has 0 bridgehead atoms. The van der Waals surface area contributed by atoms with Crippen molar-refractivity contribution in [3.63, 3.8) is 0 Å². The maximum absolute atomic E-state index is 12.6. The van der Waals surface area contributed by atoms with E-state index in [1.807, 2.05) is 32.0 Å². The molecule has 0 fully saturated rings. The minimum atomic E-state index is -0.117. The van der Waals surface area contributed by atoms with Gasteiger partial charge in [-0.25, -0.2) is 0 Å². The second-order valence-electron chi connectivity index (χ2n) is 7.04. The van der Waals surface area contributed by atoms with E-state index in [-0.39, 0.29) is 11.9 Å². The molecule has 2 heterocycles. The number of nitrogens with zero attached hydrogens (tertiary/aromatic N) is 1. The van der Waals surface area contributed by atoms with Crippen molar-refractivity contribution in [2.45, 2.75) is 39.3 Å². The lowest BCUT2D eigenvalue weighted by Gasteiger charge is -2.22. The number of nitrogens with one attached hydrogen (secondary N) is 1. The lowest BCUT2D eigenvalue weighted by Crippen LogP contribution is -2.38. The van der Waals surface area contributed by atoms with E-state index in [2.05, 4.69) is 10.2 Å². The number of ether oxygens (including phenoxy) is 2. The van der Waals surface area contributed by atoms with Crippen molar-refractivity contribution < 1.29 is 18.7 Å². The summed E-state index contributed by atoms with van der Waals surface area (Å²) in [6.45, 7) is 6.02. The summed E-state index contributed by atoms with van der Waals surface area (Å²) in [6.07, 6.45) is 3.66. The predicted molar refractivity (Wildman–Crippen MR) is 103 cm³/mol. The molecule has 1 unspecified atom stereocenters. The zero-order valence-corrected chi connectivity index (χ0v) is 16.5. The molecule has 0 saturated carbocycles. The smallest absolute Gasteiger partial charge is 0.234 e. The van der Waals surface area contributed by atoms with Crippen LogP contribution in [-0.4, -0.2) is 38.1 Å². The Hall–Kier alpha value is -2.47. The summed E-state index contributed by atoms with van der Waals surface area (Å²) in [7, 11) is 3.23. The molecule has 146 valence electrons. The van der Waals surface area contributed by atoms with Crippen LogP contribution in [0.2, 0.25) is 0 Å². The molecule has 1 amide bonds. The van der Waals surface area contributed by atoms with Gasteiger partial charge in [0.25, 0.3) is 0 Å². The molecular formula is C21H28N2O4. The van der Waals surface area contributed by atoms with Gasteiger partial charge in [0.15, 0.2) is 11.5 Å². The van der Waals surface area contributed by atoms with Crippen molar-refractivity contribution in [2.24, 2.45) is 0 Å². The Morgan fingerprint density at radius 3 is 2.78 bits per heavy atom. The first-order chi connectivity index (χ1) is 13.0. The molecule has 1 aromatic carbocycles. The van der Waals surface area contributed by atoms with Crippen molar-refractivity contribution in [3.05, 3.63) is 46.9 Å². The molecule has 1 aliphatic heterocycles. The van der Waals surface area contributed by atoms with E-state index in [0.717, 1.165) is 42.8 Å². The van der Waals surface area contributed by atoms with Gasteiger partial charge in [-0.3, -0.25) is 9.69 Å². The lowest BCUT2D eigenvalue weighted by molar-refractivity contribution is -0.123. The molecule has 0 spiro atoms. The number of carbonyl (C=O) groups is 1. The van der Waals surface area contributed by atoms with Gasteiger partial charge in [-0.05, 0) is 56.1 Å². The summed E-state index contributed by atoms with van der Waals surface area (Å²) in [5.74, 6) is 2.42. The molecule has 1 N–H and O–H groups in total. The molecule has 1 atom stereocenters. The van der Waals surface area contributed by atoms with Crippen molar-refractivity contribution in [3.8, 4) is 11.5 Å². The zero-order valence-electron chi connectivity index (χ0n) is 16.5. The van der Waals surface area contributed by atoms with Crippen molar-refractivity contribution >= 4 is 5.91 Å². The van der Waals surface area contributed by atoms with Gasteiger partial charge in [-0.1, -0.05) is 0 Å². The first kappa shape index (κ1) is 19.3. The fourth-order valence-electron chi connectivity index (χ4n) is 3.68.